The Morgan fingerprint density at radius 1 is 1.62 bits per heavy atom. The molecule has 1 heterocycles. The standard InChI is InChI=1S/C8H12ClN5OS/c1-3-4-5(9)6(14(2)13-4)7(15)11-12-8(10)16/h3H2,1-2H3,(H,11,15)(H3,10,12,16). The SMILES string of the molecule is CCc1nn(C)c(C(=O)NNC(N)=S)c1Cl. The highest BCUT2D eigenvalue weighted by atomic mass is 35.5. The van der Waals surface area contributed by atoms with Crippen molar-refractivity contribution in [2.45, 2.75) is 13.3 Å². The van der Waals surface area contributed by atoms with Gasteiger partial charge in [0.1, 0.15) is 5.69 Å². The summed E-state index contributed by atoms with van der Waals surface area (Å²) >= 11 is 10.6. The van der Waals surface area contributed by atoms with E-state index in [1.807, 2.05) is 6.92 Å². The molecule has 0 bridgehead atoms. The molecule has 0 radical (unpaired) electrons. The van der Waals surface area contributed by atoms with E-state index < -0.39 is 5.91 Å². The Hall–Kier alpha value is -1.34. The lowest BCUT2D eigenvalue weighted by atomic mass is 10.3. The van der Waals surface area contributed by atoms with E-state index in [1.165, 1.54) is 4.68 Å². The lowest BCUT2D eigenvalue weighted by Gasteiger charge is -2.06. The van der Waals surface area contributed by atoms with E-state index in [9.17, 15) is 4.79 Å². The monoisotopic (exact) mass is 261 g/mol. The van der Waals surface area contributed by atoms with Crippen LogP contribution in [0.25, 0.3) is 0 Å². The molecular weight excluding hydrogens is 250 g/mol. The number of aryl methyl sites for hydroxylation is 2. The number of hydrazine groups is 1. The van der Waals surface area contributed by atoms with Crippen molar-refractivity contribution in [3.63, 3.8) is 0 Å². The summed E-state index contributed by atoms with van der Waals surface area (Å²) in [5.41, 5.74) is 10.8. The van der Waals surface area contributed by atoms with Gasteiger partial charge in [-0.05, 0) is 18.6 Å². The van der Waals surface area contributed by atoms with Gasteiger partial charge >= 0.3 is 0 Å². The molecule has 0 saturated carbocycles. The summed E-state index contributed by atoms with van der Waals surface area (Å²) in [6.07, 6.45) is 0.655. The molecule has 16 heavy (non-hydrogen) atoms. The van der Waals surface area contributed by atoms with Gasteiger partial charge in [0.2, 0.25) is 0 Å². The van der Waals surface area contributed by atoms with Gasteiger partial charge in [0, 0.05) is 7.05 Å². The first-order chi connectivity index (χ1) is 7.47. The molecule has 0 fully saturated rings. The molecule has 8 heteroatoms. The molecule has 6 nitrogen and oxygen atoms in total. The third kappa shape index (κ3) is 2.61. The first-order valence-electron chi connectivity index (χ1n) is 4.54. The Kier molecular flexibility index (Phi) is 4.08. The number of hydrogen-bond donors (Lipinski definition) is 3. The largest absolute Gasteiger partial charge is 0.375 e. The van der Waals surface area contributed by atoms with E-state index in [-0.39, 0.29) is 10.8 Å². The summed E-state index contributed by atoms with van der Waals surface area (Å²) < 4.78 is 1.41. The molecule has 88 valence electrons. The maximum absolute atomic E-state index is 11.7. The summed E-state index contributed by atoms with van der Waals surface area (Å²) in [5.74, 6) is -0.437. The van der Waals surface area contributed by atoms with Gasteiger partial charge in [0.15, 0.2) is 5.11 Å². The van der Waals surface area contributed by atoms with Crippen molar-refractivity contribution in [3.8, 4) is 0 Å². The number of halogens is 1. The Morgan fingerprint density at radius 3 is 2.69 bits per heavy atom. The highest BCUT2D eigenvalue weighted by Crippen LogP contribution is 2.20. The minimum absolute atomic E-state index is 0.0256. The van der Waals surface area contributed by atoms with Crippen LogP contribution in [0.1, 0.15) is 23.1 Å². The molecule has 1 amide bonds. The van der Waals surface area contributed by atoms with Crippen LogP contribution >= 0.6 is 23.8 Å². The molecule has 1 rings (SSSR count). The number of nitrogens with zero attached hydrogens (tertiary/aromatic N) is 2. The summed E-state index contributed by atoms with van der Waals surface area (Å²) in [7, 11) is 1.64. The summed E-state index contributed by atoms with van der Waals surface area (Å²) in [5, 5.41) is 4.42. The smallest absolute Gasteiger partial charge is 0.289 e. The van der Waals surface area contributed by atoms with Crippen molar-refractivity contribution in [1.29, 1.82) is 0 Å². The number of carbonyl (C=O) groups excluding carboxylic acids is 1. The molecule has 0 aliphatic heterocycles. The fourth-order valence-electron chi connectivity index (χ4n) is 1.20. The van der Waals surface area contributed by atoms with Crippen LogP contribution in [-0.4, -0.2) is 20.8 Å². The second-order valence-corrected chi connectivity index (χ2v) is 3.85. The van der Waals surface area contributed by atoms with E-state index in [4.69, 9.17) is 17.3 Å². The zero-order chi connectivity index (χ0) is 12.3. The van der Waals surface area contributed by atoms with Crippen LogP contribution in [0.15, 0.2) is 0 Å². The van der Waals surface area contributed by atoms with Gasteiger partial charge in [-0.1, -0.05) is 18.5 Å². The number of amides is 1. The van der Waals surface area contributed by atoms with E-state index in [1.54, 1.807) is 7.05 Å². The Labute approximate surface area is 103 Å². The summed E-state index contributed by atoms with van der Waals surface area (Å²) in [6, 6.07) is 0. The van der Waals surface area contributed by atoms with Crippen LogP contribution < -0.4 is 16.6 Å². The van der Waals surface area contributed by atoms with E-state index >= 15 is 0 Å². The number of aromatic nitrogens is 2. The first-order valence-corrected chi connectivity index (χ1v) is 5.33. The molecule has 0 saturated heterocycles. The van der Waals surface area contributed by atoms with Gasteiger partial charge in [-0.3, -0.25) is 20.3 Å². The van der Waals surface area contributed by atoms with E-state index in [2.05, 4.69) is 28.2 Å². The molecular formula is C8H12ClN5OS. The van der Waals surface area contributed by atoms with Gasteiger partial charge in [-0.25, -0.2) is 0 Å². The molecule has 0 aliphatic rings. The predicted octanol–water partition coefficient (Wildman–Crippen LogP) is 0.114. The van der Waals surface area contributed by atoms with Crippen LogP contribution in [0.5, 0.6) is 0 Å². The molecule has 1 aromatic heterocycles. The van der Waals surface area contributed by atoms with Gasteiger partial charge < -0.3 is 5.73 Å². The second-order valence-electron chi connectivity index (χ2n) is 3.03. The number of thiocarbonyl (C=S) groups is 1. The lowest BCUT2D eigenvalue weighted by Crippen LogP contribution is -2.44. The van der Waals surface area contributed by atoms with Crippen molar-refractivity contribution in [1.82, 2.24) is 20.6 Å². The minimum Gasteiger partial charge on any atom is -0.375 e. The maximum atomic E-state index is 11.7. The van der Waals surface area contributed by atoms with Crippen molar-refractivity contribution in [3.05, 3.63) is 16.4 Å². The van der Waals surface area contributed by atoms with E-state index in [0.29, 0.717) is 17.1 Å². The van der Waals surface area contributed by atoms with Gasteiger partial charge in [0.25, 0.3) is 5.91 Å². The van der Waals surface area contributed by atoms with Crippen molar-refractivity contribution < 1.29 is 4.79 Å². The van der Waals surface area contributed by atoms with Crippen LogP contribution in [0.2, 0.25) is 5.02 Å². The topological polar surface area (TPSA) is 85.0 Å². The Morgan fingerprint density at radius 2 is 2.25 bits per heavy atom. The Bertz CT molecular complexity index is 430. The normalized spacial score (nSPS) is 9.94. The number of hydrogen-bond acceptors (Lipinski definition) is 3. The van der Waals surface area contributed by atoms with Gasteiger partial charge in [0.05, 0.1) is 10.7 Å². The third-order valence-corrected chi connectivity index (χ3v) is 2.40. The zero-order valence-electron chi connectivity index (χ0n) is 8.87. The van der Waals surface area contributed by atoms with Crippen molar-refractivity contribution >= 4 is 34.8 Å². The quantitative estimate of drug-likeness (QED) is 0.520. The average molecular weight is 262 g/mol. The maximum Gasteiger partial charge on any atom is 0.289 e. The fraction of sp³-hybridized carbons (Fsp3) is 0.375. The second kappa shape index (κ2) is 5.13. The minimum atomic E-state index is -0.437. The fourth-order valence-corrected chi connectivity index (χ4v) is 1.63. The summed E-state index contributed by atoms with van der Waals surface area (Å²) in [6.45, 7) is 1.91. The summed E-state index contributed by atoms with van der Waals surface area (Å²) in [4.78, 5) is 11.7. The first kappa shape index (κ1) is 12.7. The molecule has 0 aromatic carbocycles. The number of nitrogens with one attached hydrogen (secondary N) is 2. The van der Waals surface area contributed by atoms with Crippen molar-refractivity contribution in [2.24, 2.45) is 12.8 Å². The van der Waals surface area contributed by atoms with E-state index in [0.717, 1.165) is 0 Å². The average Bonchev–Trinajstić information content (AvgIpc) is 2.50. The van der Waals surface area contributed by atoms with Gasteiger partial charge in [-0.2, -0.15) is 5.10 Å². The van der Waals surface area contributed by atoms with Crippen LogP contribution in [0.3, 0.4) is 0 Å². The highest BCUT2D eigenvalue weighted by molar-refractivity contribution is 7.80. The number of nitrogens with two attached hydrogens (primary N) is 1. The predicted molar refractivity (Wildman–Crippen MR) is 65.0 cm³/mol. The third-order valence-electron chi connectivity index (χ3n) is 1.90. The molecule has 0 unspecified atom stereocenters. The van der Waals surface area contributed by atoms with Crippen molar-refractivity contribution in [2.75, 3.05) is 0 Å². The van der Waals surface area contributed by atoms with Gasteiger partial charge in [-0.15, -0.1) is 0 Å². The number of rotatable bonds is 2. The Balaban J connectivity index is 2.90. The molecule has 1 aromatic rings. The van der Waals surface area contributed by atoms with Crippen LogP contribution in [-0.2, 0) is 13.5 Å². The molecule has 4 N–H and O–H groups in total. The lowest BCUT2D eigenvalue weighted by molar-refractivity contribution is 0.0934. The molecule has 0 aliphatic carbocycles. The van der Waals surface area contributed by atoms with Crippen LogP contribution in [0, 0.1) is 0 Å². The molecule has 0 atom stereocenters. The zero-order valence-corrected chi connectivity index (χ0v) is 10.4. The van der Waals surface area contributed by atoms with Crippen LogP contribution in [0.4, 0.5) is 0 Å². The number of carbonyl (C=O) groups is 1. The highest BCUT2D eigenvalue weighted by Gasteiger charge is 2.19. The molecule has 0 spiro atoms.